The number of carbonyl (C=O) groups is 2. The Balaban J connectivity index is 4.02. The molecule has 1 atom stereocenters. The third-order valence-electron chi connectivity index (χ3n) is 2.21. The van der Waals surface area contributed by atoms with Crippen LogP contribution in [0.1, 0.15) is 26.7 Å². The number of hydrogen-bond donors (Lipinski definition) is 2. The van der Waals surface area contributed by atoms with E-state index in [1.165, 1.54) is 0 Å². The van der Waals surface area contributed by atoms with E-state index < -0.39 is 23.6 Å². The quantitative estimate of drug-likeness (QED) is 0.550. The van der Waals surface area contributed by atoms with E-state index in [4.69, 9.17) is 5.73 Å². The minimum absolute atomic E-state index is 0.0292. The minimum Gasteiger partial charge on any atom is -0.466 e. The zero-order valence-corrected chi connectivity index (χ0v) is 10.3. The Hall–Kier alpha value is -1.31. The van der Waals surface area contributed by atoms with E-state index in [0.29, 0.717) is 6.92 Å². The summed E-state index contributed by atoms with van der Waals surface area (Å²) in [4.78, 5) is 22.1. The van der Waals surface area contributed by atoms with Crippen LogP contribution in [-0.2, 0) is 14.3 Å². The number of nitrogens with two attached hydrogens (primary N) is 1. The fourth-order valence-corrected chi connectivity index (χ4v) is 0.980. The number of halogens is 3. The Kier molecular flexibility index (Phi) is 6.10. The molecule has 0 radical (unpaired) electrons. The van der Waals surface area contributed by atoms with Crippen molar-refractivity contribution < 1.29 is 27.5 Å². The summed E-state index contributed by atoms with van der Waals surface area (Å²) in [5.74, 6) is -1.78. The van der Waals surface area contributed by atoms with Crippen molar-refractivity contribution in [3.05, 3.63) is 0 Å². The van der Waals surface area contributed by atoms with Gasteiger partial charge in [0.05, 0.1) is 6.61 Å². The highest BCUT2D eigenvalue weighted by Crippen LogP contribution is 2.27. The van der Waals surface area contributed by atoms with Crippen molar-refractivity contribution in [3.8, 4) is 0 Å². The molecule has 0 spiro atoms. The summed E-state index contributed by atoms with van der Waals surface area (Å²) in [6.07, 6.45) is -4.60. The summed E-state index contributed by atoms with van der Waals surface area (Å²) in [5, 5.41) is 2.04. The molecule has 0 aliphatic heterocycles. The fraction of sp³-hybridized carbons (Fsp3) is 0.800. The van der Waals surface area contributed by atoms with Gasteiger partial charge in [-0.25, -0.2) is 0 Å². The SMILES string of the molecule is CCOC(=O)CCCNC(=O)C(C)(N)C(F)(F)F. The van der Waals surface area contributed by atoms with Gasteiger partial charge in [0.25, 0.3) is 0 Å². The molecule has 0 aliphatic rings. The molecule has 0 rings (SSSR count). The third-order valence-corrected chi connectivity index (χ3v) is 2.21. The molecular formula is C10H17F3N2O3. The van der Waals surface area contributed by atoms with Gasteiger partial charge in [-0.05, 0) is 20.3 Å². The van der Waals surface area contributed by atoms with Gasteiger partial charge < -0.3 is 15.8 Å². The number of ether oxygens (including phenoxy) is 1. The van der Waals surface area contributed by atoms with Crippen molar-refractivity contribution in [2.24, 2.45) is 5.73 Å². The zero-order valence-electron chi connectivity index (χ0n) is 10.3. The number of hydrogen-bond acceptors (Lipinski definition) is 4. The topological polar surface area (TPSA) is 81.4 Å². The molecule has 0 saturated heterocycles. The van der Waals surface area contributed by atoms with Crippen molar-refractivity contribution in [2.75, 3.05) is 13.2 Å². The average Bonchev–Trinajstić information content (AvgIpc) is 2.22. The largest absolute Gasteiger partial charge is 0.466 e. The maximum Gasteiger partial charge on any atom is 0.415 e. The van der Waals surface area contributed by atoms with Gasteiger partial charge in [0, 0.05) is 13.0 Å². The molecule has 8 heteroatoms. The molecule has 3 N–H and O–H groups in total. The van der Waals surface area contributed by atoms with E-state index >= 15 is 0 Å². The lowest BCUT2D eigenvalue weighted by Gasteiger charge is -2.26. The summed E-state index contributed by atoms with van der Waals surface area (Å²) in [6, 6.07) is 0. The second kappa shape index (κ2) is 6.58. The smallest absolute Gasteiger partial charge is 0.415 e. The van der Waals surface area contributed by atoms with Crippen LogP contribution in [0.5, 0.6) is 0 Å². The molecule has 0 aromatic rings. The lowest BCUT2D eigenvalue weighted by atomic mass is 10.0. The lowest BCUT2D eigenvalue weighted by molar-refractivity contribution is -0.187. The van der Waals surface area contributed by atoms with E-state index in [1.807, 2.05) is 5.32 Å². The number of alkyl halides is 3. The highest BCUT2D eigenvalue weighted by Gasteiger charge is 2.53. The van der Waals surface area contributed by atoms with Gasteiger partial charge in [-0.3, -0.25) is 9.59 Å². The predicted octanol–water partition coefficient (Wildman–Crippen LogP) is 0.726. The van der Waals surface area contributed by atoms with Crippen molar-refractivity contribution in [1.82, 2.24) is 5.32 Å². The van der Waals surface area contributed by atoms with Crippen LogP contribution in [0.25, 0.3) is 0 Å². The molecule has 0 aliphatic carbocycles. The van der Waals surface area contributed by atoms with Crippen LogP contribution in [0.4, 0.5) is 13.2 Å². The maximum absolute atomic E-state index is 12.4. The molecule has 18 heavy (non-hydrogen) atoms. The van der Waals surface area contributed by atoms with Gasteiger partial charge >= 0.3 is 12.1 Å². The fourth-order valence-electron chi connectivity index (χ4n) is 0.980. The van der Waals surface area contributed by atoms with Crippen LogP contribution in [0.2, 0.25) is 0 Å². The number of esters is 1. The molecular weight excluding hydrogens is 253 g/mol. The first-order valence-corrected chi connectivity index (χ1v) is 5.42. The molecule has 0 aromatic heterocycles. The molecule has 5 nitrogen and oxygen atoms in total. The van der Waals surface area contributed by atoms with Crippen LogP contribution in [-0.4, -0.2) is 36.7 Å². The van der Waals surface area contributed by atoms with Crippen molar-refractivity contribution in [2.45, 2.75) is 38.4 Å². The van der Waals surface area contributed by atoms with E-state index in [-0.39, 0.29) is 26.0 Å². The second-order valence-corrected chi connectivity index (χ2v) is 3.86. The molecule has 1 amide bonds. The Bertz CT molecular complexity index is 303. The minimum atomic E-state index is -4.82. The molecule has 1 unspecified atom stereocenters. The van der Waals surface area contributed by atoms with Crippen LogP contribution >= 0.6 is 0 Å². The van der Waals surface area contributed by atoms with Crippen molar-refractivity contribution >= 4 is 11.9 Å². The standard InChI is InChI=1S/C10H17F3N2O3/c1-3-18-7(16)5-4-6-15-8(17)9(2,14)10(11,12)13/h3-6,14H2,1-2H3,(H,15,17). The van der Waals surface area contributed by atoms with Crippen molar-refractivity contribution in [3.63, 3.8) is 0 Å². The number of carbonyl (C=O) groups excluding carboxylic acids is 2. The summed E-state index contributed by atoms with van der Waals surface area (Å²) in [7, 11) is 0. The van der Waals surface area contributed by atoms with E-state index in [0.717, 1.165) is 0 Å². The van der Waals surface area contributed by atoms with Crippen molar-refractivity contribution in [1.29, 1.82) is 0 Å². The predicted molar refractivity (Wildman–Crippen MR) is 57.5 cm³/mol. The summed E-state index contributed by atoms with van der Waals surface area (Å²) >= 11 is 0. The van der Waals surface area contributed by atoms with Gasteiger partial charge in [0.1, 0.15) is 0 Å². The zero-order chi connectivity index (χ0) is 14.4. The van der Waals surface area contributed by atoms with Gasteiger partial charge in [0.2, 0.25) is 5.91 Å². The summed E-state index contributed by atoms with van der Waals surface area (Å²) in [5.41, 5.74) is 1.96. The first-order chi connectivity index (χ1) is 8.13. The van der Waals surface area contributed by atoms with Gasteiger partial charge in [-0.2, -0.15) is 13.2 Å². The number of amides is 1. The molecule has 106 valence electrons. The lowest BCUT2D eigenvalue weighted by Crippen LogP contribution is -2.61. The number of nitrogens with one attached hydrogen (secondary N) is 1. The van der Waals surface area contributed by atoms with Crippen LogP contribution in [0.3, 0.4) is 0 Å². The molecule has 0 heterocycles. The second-order valence-electron chi connectivity index (χ2n) is 3.86. The molecule has 0 saturated carbocycles. The average molecular weight is 270 g/mol. The Morgan fingerprint density at radius 2 is 1.89 bits per heavy atom. The van der Waals surface area contributed by atoms with Gasteiger partial charge in [-0.15, -0.1) is 0 Å². The first kappa shape index (κ1) is 16.7. The van der Waals surface area contributed by atoms with Crippen LogP contribution in [0.15, 0.2) is 0 Å². The summed E-state index contributed by atoms with van der Waals surface area (Å²) < 4.78 is 41.7. The molecule has 0 aromatic carbocycles. The highest BCUT2D eigenvalue weighted by molar-refractivity contribution is 5.86. The number of rotatable bonds is 6. The van der Waals surface area contributed by atoms with E-state index in [1.54, 1.807) is 6.92 Å². The highest BCUT2D eigenvalue weighted by atomic mass is 19.4. The maximum atomic E-state index is 12.4. The Morgan fingerprint density at radius 3 is 2.33 bits per heavy atom. The summed E-state index contributed by atoms with van der Waals surface area (Å²) in [6.45, 7) is 2.40. The van der Waals surface area contributed by atoms with Gasteiger partial charge in [0.15, 0.2) is 5.54 Å². The van der Waals surface area contributed by atoms with Gasteiger partial charge in [-0.1, -0.05) is 0 Å². The Morgan fingerprint density at radius 1 is 1.33 bits per heavy atom. The molecule has 0 fully saturated rings. The molecule has 0 bridgehead atoms. The normalized spacial score (nSPS) is 14.8. The third kappa shape index (κ3) is 4.91. The first-order valence-electron chi connectivity index (χ1n) is 5.42. The van der Waals surface area contributed by atoms with E-state index in [2.05, 4.69) is 4.74 Å². The van der Waals surface area contributed by atoms with E-state index in [9.17, 15) is 22.8 Å². The van der Waals surface area contributed by atoms with Crippen LogP contribution < -0.4 is 11.1 Å². The monoisotopic (exact) mass is 270 g/mol. The Labute approximate surface area is 103 Å². The van der Waals surface area contributed by atoms with Crippen LogP contribution in [0, 0.1) is 0 Å².